The molecule has 0 saturated carbocycles. The highest BCUT2D eigenvalue weighted by atomic mass is 35.6. The lowest BCUT2D eigenvalue weighted by Gasteiger charge is -2.21. The molecule has 0 saturated heterocycles. The maximum atomic E-state index is 12.6. The lowest BCUT2D eigenvalue weighted by Crippen LogP contribution is -2.28. The summed E-state index contributed by atoms with van der Waals surface area (Å²) < 4.78 is 24.4. The number of ether oxygens (including phenoxy) is 5. The van der Waals surface area contributed by atoms with Crippen molar-refractivity contribution in [2.45, 2.75) is 43.5 Å². The molecule has 0 aromatic heterocycles. The molecule has 0 aliphatic carbocycles. The molecular formula is C27H27Cl4NO8. The molecule has 1 N–H and O–H groups in total. The van der Waals surface area contributed by atoms with Crippen LogP contribution < -0.4 is 24.3 Å². The molecule has 0 atom stereocenters. The second kappa shape index (κ2) is 13.2. The lowest BCUT2D eigenvalue weighted by molar-refractivity contribution is -0.134. The smallest absolute Gasteiger partial charge is 0.341 e. The first kappa shape index (κ1) is 31.7. The van der Waals surface area contributed by atoms with Crippen molar-refractivity contribution in [2.24, 2.45) is 0 Å². The van der Waals surface area contributed by atoms with Crippen molar-refractivity contribution in [2.75, 3.05) is 26.6 Å². The zero-order chi connectivity index (χ0) is 29.8. The SMILES string of the molecule is COc1ccc(OC(=O)CC/C(C)=C/Cc2c(NC(=O)C(Cl)(Cl)Cl)c3c(c(C)c2OC)COC3=O)c(Cl)c1OC. The number of esters is 2. The molecule has 2 aromatic carbocycles. The number of carbonyl (C=O) groups excluding carboxylic acids is 3. The molecule has 3 rings (SSSR count). The Morgan fingerprint density at radius 2 is 1.70 bits per heavy atom. The number of alkyl halides is 3. The highest BCUT2D eigenvalue weighted by molar-refractivity contribution is 6.76. The van der Waals surface area contributed by atoms with Crippen LogP contribution in [0.3, 0.4) is 0 Å². The standard InChI is InChI=1S/C27H27Cl4NO8/c1-13(7-11-19(33)40-17-9-10-18(36-3)24(38-5)21(17)28)6-8-15-22(32-26(35)27(29,30)31)20-16(12-39-25(20)34)14(2)23(15)37-4/h6,9-10H,7-8,11-12H2,1-5H3,(H,32,35)/b13-6+. The van der Waals surface area contributed by atoms with Crippen LogP contribution in [0, 0.1) is 6.92 Å². The summed E-state index contributed by atoms with van der Waals surface area (Å²) in [7, 11) is 4.37. The highest BCUT2D eigenvalue weighted by Gasteiger charge is 2.36. The minimum absolute atomic E-state index is 0.0222. The van der Waals surface area contributed by atoms with Crippen molar-refractivity contribution >= 4 is 69.9 Å². The van der Waals surface area contributed by atoms with Gasteiger partial charge in [-0.05, 0) is 44.4 Å². The molecule has 1 aliphatic heterocycles. The maximum absolute atomic E-state index is 12.6. The van der Waals surface area contributed by atoms with E-state index < -0.39 is 21.6 Å². The average Bonchev–Trinajstić information content (AvgIpc) is 3.29. The summed E-state index contributed by atoms with van der Waals surface area (Å²) in [6.07, 6.45) is 2.47. The van der Waals surface area contributed by atoms with Crippen LogP contribution in [0.25, 0.3) is 0 Å². The number of nitrogens with one attached hydrogen (secondary N) is 1. The first-order valence-corrected chi connectivity index (χ1v) is 13.4. The Hall–Kier alpha value is -2.85. The minimum Gasteiger partial charge on any atom is -0.496 e. The molecule has 0 radical (unpaired) electrons. The van der Waals surface area contributed by atoms with Crippen molar-refractivity contribution in [3.05, 3.63) is 51.1 Å². The van der Waals surface area contributed by atoms with Gasteiger partial charge in [0.05, 0.1) is 32.6 Å². The van der Waals surface area contributed by atoms with Crippen molar-refractivity contribution < 1.29 is 38.1 Å². The van der Waals surface area contributed by atoms with E-state index in [1.165, 1.54) is 27.4 Å². The van der Waals surface area contributed by atoms with Crippen molar-refractivity contribution in [3.8, 4) is 23.0 Å². The van der Waals surface area contributed by atoms with Gasteiger partial charge in [-0.2, -0.15) is 0 Å². The van der Waals surface area contributed by atoms with Crippen LogP contribution in [0.5, 0.6) is 23.0 Å². The van der Waals surface area contributed by atoms with E-state index in [0.717, 1.165) is 5.57 Å². The predicted octanol–water partition coefficient (Wildman–Crippen LogP) is 6.53. The molecule has 216 valence electrons. The predicted molar refractivity (Wildman–Crippen MR) is 153 cm³/mol. The molecular weight excluding hydrogens is 608 g/mol. The zero-order valence-corrected chi connectivity index (χ0v) is 25.4. The van der Waals surface area contributed by atoms with Gasteiger partial charge in [-0.1, -0.05) is 58.1 Å². The molecule has 9 nitrogen and oxygen atoms in total. The van der Waals surface area contributed by atoms with Crippen molar-refractivity contribution in [1.29, 1.82) is 0 Å². The van der Waals surface area contributed by atoms with E-state index in [-0.39, 0.29) is 47.2 Å². The molecule has 13 heteroatoms. The average molecular weight is 635 g/mol. The third-order valence-corrected chi connectivity index (χ3v) is 7.10. The van der Waals surface area contributed by atoms with Crippen LogP contribution in [0.4, 0.5) is 5.69 Å². The Labute approximate surface area is 251 Å². The van der Waals surface area contributed by atoms with E-state index in [9.17, 15) is 14.4 Å². The number of allylic oxidation sites excluding steroid dienone is 2. The first-order chi connectivity index (χ1) is 18.8. The van der Waals surface area contributed by atoms with Gasteiger partial charge >= 0.3 is 11.9 Å². The van der Waals surface area contributed by atoms with Gasteiger partial charge in [0.1, 0.15) is 17.4 Å². The van der Waals surface area contributed by atoms with Gasteiger partial charge in [0.15, 0.2) is 17.2 Å². The second-order valence-electron chi connectivity index (χ2n) is 8.74. The third-order valence-electron chi connectivity index (χ3n) is 6.22. The van der Waals surface area contributed by atoms with Crippen molar-refractivity contribution in [3.63, 3.8) is 0 Å². The number of halogens is 4. The van der Waals surface area contributed by atoms with E-state index in [0.29, 0.717) is 34.6 Å². The molecule has 0 bridgehead atoms. The number of hydrogen-bond acceptors (Lipinski definition) is 8. The van der Waals surface area contributed by atoms with Gasteiger partial charge < -0.3 is 29.0 Å². The molecule has 1 heterocycles. The molecule has 0 spiro atoms. The number of amides is 1. The molecule has 0 unspecified atom stereocenters. The van der Waals surface area contributed by atoms with E-state index in [1.807, 2.05) is 13.0 Å². The number of anilines is 1. The Balaban J connectivity index is 1.82. The van der Waals surface area contributed by atoms with E-state index in [1.54, 1.807) is 13.0 Å². The summed E-state index contributed by atoms with van der Waals surface area (Å²) in [4.78, 5) is 37.7. The van der Waals surface area contributed by atoms with Crippen LogP contribution in [-0.2, 0) is 27.4 Å². The summed E-state index contributed by atoms with van der Waals surface area (Å²) >= 11 is 23.6. The van der Waals surface area contributed by atoms with E-state index in [2.05, 4.69) is 5.32 Å². The van der Waals surface area contributed by atoms with Crippen LogP contribution in [0.2, 0.25) is 5.02 Å². The number of rotatable bonds is 10. The summed E-state index contributed by atoms with van der Waals surface area (Å²) in [5, 5.41) is 2.67. The number of hydrogen-bond donors (Lipinski definition) is 1. The summed E-state index contributed by atoms with van der Waals surface area (Å²) in [5.41, 5.74) is 2.89. The number of methoxy groups -OCH3 is 3. The fourth-order valence-electron chi connectivity index (χ4n) is 4.18. The van der Waals surface area contributed by atoms with Gasteiger partial charge in [0, 0.05) is 17.5 Å². The zero-order valence-electron chi connectivity index (χ0n) is 22.3. The minimum atomic E-state index is -2.27. The molecule has 2 aromatic rings. The Bertz CT molecular complexity index is 1370. The van der Waals surface area contributed by atoms with Gasteiger partial charge in [0.2, 0.25) is 0 Å². The van der Waals surface area contributed by atoms with Gasteiger partial charge in [-0.3, -0.25) is 9.59 Å². The Morgan fingerprint density at radius 1 is 1.05 bits per heavy atom. The summed E-state index contributed by atoms with van der Waals surface area (Å²) in [5.74, 6) is -0.811. The topological polar surface area (TPSA) is 109 Å². The normalized spacial score (nSPS) is 12.9. The van der Waals surface area contributed by atoms with E-state index >= 15 is 0 Å². The number of cyclic esters (lactones) is 1. The third kappa shape index (κ3) is 6.89. The number of fused-ring (bicyclic) bond motifs is 1. The first-order valence-electron chi connectivity index (χ1n) is 11.9. The highest BCUT2D eigenvalue weighted by Crippen LogP contribution is 2.43. The second-order valence-corrected chi connectivity index (χ2v) is 11.4. The molecule has 1 aliphatic rings. The number of benzene rings is 2. The van der Waals surface area contributed by atoms with Gasteiger partial charge in [0.25, 0.3) is 9.70 Å². The summed E-state index contributed by atoms with van der Waals surface area (Å²) in [6, 6.07) is 3.10. The Kier molecular flexibility index (Phi) is 10.5. The van der Waals surface area contributed by atoms with Crippen LogP contribution >= 0.6 is 46.4 Å². The van der Waals surface area contributed by atoms with Crippen LogP contribution in [-0.4, -0.2) is 43.0 Å². The van der Waals surface area contributed by atoms with Crippen LogP contribution in [0.1, 0.15) is 46.8 Å². The number of carbonyl (C=O) groups is 3. The fraction of sp³-hybridized carbons (Fsp3) is 0.370. The monoisotopic (exact) mass is 633 g/mol. The molecule has 1 amide bonds. The van der Waals surface area contributed by atoms with E-state index in [4.69, 9.17) is 70.1 Å². The quantitative estimate of drug-likeness (QED) is 0.136. The van der Waals surface area contributed by atoms with Crippen LogP contribution in [0.15, 0.2) is 23.8 Å². The largest absolute Gasteiger partial charge is 0.496 e. The van der Waals surface area contributed by atoms with Gasteiger partial charge in [-0.25, -0.2) is 4.79 Å². The summed E-state index contributed by atoms with van der Waals surface area (Å²) in [6.45, 7) is 3.64. The van der Waals surface area contributed by atoms with Gasteiger partial charge in [-0.15, -0.1) is 0 Å². The maximum Gasteiger partial charge on any atom is 0.341 e. The molecule has 40 heavy (non-hydrogen) atoms. The Morgan fingerprint density at radius 3 is 2.30 bits per heavy atom. The lowest BCUT2D eigenvalue weighted by atomic mass is 9.93. The molecule has 0 fully saturated rings. The van der Waals surface area contributed by atoms with Crippen molar-refractivity contribution in [1.82, 2.24) is 0 Å². The fourth-order valence-corrected chi connectivity index (χ4v) is 4.59.